The van der Waals surface area contributed by atoms with E-state index in [0.717, 1.165) is 0 Å². The van der Waals surface area contributed by atoms with E-state index in [1.165, 1.54) is 6.26 Å². The molecule has 1 unspecified atom stereocenters. The molecule has 0 bridgehead atoms. The number of carbonyl (C=O) groups excluding carboxylic acids is 1. The summed E-state index contributed by atoms with van der Waals surface area (Å²) in [5, 5.41) is 2.94. The van der Waals surface area contributed by atoms with Crippen LogP contribution in [0.25, 0.3) is 0 Å². The predicted molar refractivity (Wildman–Crippen MR) is 83.0 cm³/mol. The maximum Gasteiger partial charge on any atom is 0.317 e. The minimum Gasteiger partial charge on any atom is -0.373 e. The van der Waals surface area contributed by atoms with Crippen molar-refractivity contribution in [2.75, 3.05) is 38.2 Å². The third-order valence-corrected chi connectivity index (χ3v) is 5.15. The van der Waals surface area contributed by atoms with Crippen LogP contribution in [0.2, 0.25) is 0 Å². The lowest BCUT2D eigenvalue weighted by Crippen LogP contribution is -2.52. The van der Waals surface area contributed by atoms with Crippen LogP contribution in [0.1, 0.15) is 27.7 Å². The van der Waals surface area contributed by atoms with Gasteiger partial charge in [-0.15, -0.1) is 0 Å². The van der Waals surface area contributed by atoms with E-state index < -0.39 is 15.9 Å². The summed E-state index contributed by atoms with van der Waals surface area (Å²) in [7, 11) is -3.10. The number of amides is 2. The molecule has 1 aliphatic heterocycles. The molecule has 0 aliphatic carbocycles. The highest BCUT2D eigenvalue weighted by Gasteiger charge is 2.28. The Morgan fingerprint density at radius 2 is 2.05 bits per heavy atom. The third kappa shape index (κ3) is 6.22. The van der Waals surface area contributed by atoms with Gasteiger partial charge in [0, 0.05) is 25.9 Å². The predicted octanol–water partition coefficient (Wildman–Crippen LogP) is 1.12. The van der Waals surface area contributed by atoms with Crippen molar-refractivity contribution >= 4 is 15.9 Å². The minimum atomic E-state index is -3.10. The molecule has 1 aliphatic rings. The van der Waals surface area contributed by atoms with Crippen LogP contribution in [0.3, 0.4) is 0 Å². The molecule has 0 radical (unpaired) electrons. The second-order valence-electron chi connectivity index (χ2n) is 6.83. The van der Waals surface area contributed by atoms with E-state index in [-0.39, 0.29) is 17.2 Å². The van der Waals surface area contributed by atoms with Crippen molar-refractivity contribution < 1.29 is 17.9 Å². The third-order valence-electron chi connectivity index (χ3n) is 4.17. The maximum absolute atomic E-state index is 12.2. The summed E-state index contributed by atoms with van der Waals surface area (Å²) in [6.45, 7) is 10.3. The van der Waals surface area contributed by atoms with E-state index in [0.29, 0.717) is 32.2 Å². The van der Waals surface area contributed by atoms with E-state index in [4.69, 9.17) is 4.74 Å². The average molecular weight is 320 g/mol. The number of hydrogen-bond acceptors (Lipinski definition) is 4. The summed E-state index contributed by atoms with van der Waals surface area (Å²) >= 11 is 0. The first-order valence-corrected chi connectivity index (χ1v) is 9.39. The monoisotopic (exact) mass is 320 g/mol. The van der Waals surface area contributed by atoms with Crippen LogP contribution in [0.4, 0.5) is 4.79 Å². The number of urea groups is 1. The highest BCUT2D eigenvalue weighted by atomic mass is 32.2. The van der Waals surface area contributed by atoms with E-state index in [2.05, 4.69) is 33.0 Å². The number of rotatable bonds is 5. The Balaban J connectivity index is 2.51. The Morgan fingerprint density at radius 3 is 2.57 bits per heavy atom. The van der Waals surface area contributed by atoms with Crippen LogP contribution in [0.15, 0.2) is 0 Å². The van der Waals surface area contributed by atoms with Crippen molar-refractivity contribution in [3.05, 3.63) is 0 Å². The van der Waals surface area contributed by atoms with Crippen LogP contribution < -0.4 is 5.32 Å². The van der Waals surface area contributed by atoms with Gasteiger partial charge in [-0.25, -0.2) is 13.2 Å². The molecule has 1 fully saturated rings. The second kappa shape index (κ2) is 6.96. The molecule has 0 aromatic rings. The maximum atomic E-state index is 12.2. The Morgan fingerprint density at radius 1 is 1.43 bits per heavy atom. The van der Waals surface area contributed by atoms with E-state index in [9.17, 15) is 13.2 Å². The molecular formula is C14H28N2O4S. The Bertz CT molecular complexity index is 460. The van der Waals surface area contributed by atoms with Crippen molar-refractivity contribution in [2.24, 2.45) is 11.3 Å². The number of carbonyl (C=O) groups is 1. The Labute approximate surface area is 128 Å². The lowest BCUT2D eigenvalue weighted by molar-refractivity contribution is -0.00209. The summed E-state index contributed by atoms with van der Waals surface area (Å²) in [4.78, 5) is 13.8. The number of nitrogens with zero attached hydrogens (tertiary/aromatic N) is 1. The van der Waals surface area contributed by atoms with Crippen LogP contribution in [0.5, 0.6) is 0 Å². The number of ether oxygens (including phenoxy) is 1. The topological polar surface area (TPSA) is 75.7 Å². The van der Waals surface area contributed by atoms with E-state index >= 15 is 0 Å². The lowest BCUT2D eigenvalue weighted by Gasteiger charge is -2.35. The van der Waals surface area contributed by atoms with E-state index in [1.807, 2.05) is 0 Å². The number of hydrogen-bond donors (Lipinski definition) is 1. The van der Waals surface area contributed by atoms with Crippen LogP contribution in [-0.4, -0.2) is 63.7 Å². The normalized spacial score (nSPS) is 20.7. The van der Waals surface area contributed by atoms with Crippen LogP contribution in [0, 0.1) is 11.3 Å². The summed E-state index contributed by atoms with van der Waals surface area (Å²) in [5.74, 6) is 0.411. The molecule has 7 heteroatoms. The van der Waals surface area contributed by atoms with E-state index in [1.54, 1.807) is 4.90 Å². The molecule has 0 saturated carbocycles. The molecule has 1 heterocycles. The number of morpholine rings is 1. The molecule has 1 saturated heterocycles. The molecule has 1 rings (SSSR count). The summed E-state index contributed by atoms with van der Waals surface area (Å²) in [6, 6.07) is -0.148. The molecule has 0 aromatic heterocycles. The molecule has 1 N–H and O–H groups in total. The Kier molecular flexibility index (Phi) is 6.04. The van der Waals surface area contributed by atoms with Gasteiger partial charge in [0.2, 0.25) is 0 Å². The molecule has 6 nitrogen and oxygen atoms in total. The first-order valence-electron chi connectivity index (χ1n) is 7.33. The highest BCUT2D eigenvalue weighted by Crippen LogP contribution is 2.24. The summed E-state index contributed by atoms with van der Waals surface area (Å²) in [6.07, 6.45) is 0.748. The zero-order valence-electron chi connectivity index (χ0n) is 13.7. The largest absolute Gasteiger partial charge is 0.373 e. The fourth-order valence-corrected chi connectivity index (χ4v) is 2.84. The van der Waals surface area contributed by atoms with Gasteiger partial charge in [0.15, 0.2) is 0 Å². The zero-order valence-corrected chi connectivity index (χ0v) is 14.5. The van der Waals surface area contributed by atoms with Crippen molar-refractivity contribution in [3.63, 3.8) is 0 Å². The standard InChI is InChI=1S/C14H28N2O4S/c1-11(2)14(3,4)10-15-13(17)16-6-7-20-12(8-16)9-21(5,18)19/h11-12H,6-10H2,1-5H3,(H,15,17). The van der Waals surface area contributed by atoms with Crippen molar-refractivity contribution in [1.29, 1.82) is 0 Å². The van der Waals surface area contributed by atoms with Gasteiger partial charge in [-0.3, -0.25) is 0 Å². The Hall–Kier alpha value is -0.820. The van der Waals surface area contributed by atoms with Crippen molar-refractivity contribution in [1.82, 2.24) is 10.2 Å². The molecule has 0 spiro atoms. The van der Waals surface area contributed by atoms with Crippen LogP contribution in [-0.2, 0) is 14.6 Å². The smallest absolute Gasteiger partial charge is 0.317 e. The lowest BCUT2D eigenvalue weighted by atomic mass is 9.81. The molecule has 1 atom stereocenters. The second-order valence-corrected chi connectivity index (χ2v) is 9.02. The molecule has 124 valence electrons. The van der Waals surface area contributed by atoms with Gasteiger partial charge in [-0.05, 0) is 11.3 Å². The van der Waals surface area contributed by atoms with Gasteiger partial charge >= 0.3 is 6.03 Å². The summed E-state index contributed by atoms with van der Waals surface area (Å²) in [5.41, 5.74) is 0.0219. The van der Waals surface area contributed by atoms with Gasteiger partial charge < -0.3 is 15.0 Å². The number of sulfone groups is 1. The zero-order chi connectivity index (χ0) is 16.3. The quantitative estimate of drug-likeness (QED) is 0.824. The fraction of sp³-hybridized carbons (Fsp3) is 0.929. The first kappa shape index (κ1) is 18.2. The van der Waals surface area contributed by atoms with Crippen molar-refractivity contribution in [3.8, 4) is 0 Å². The summed E-state index contributed by atoms with van der Waals surface area (Å²) < 4.78 is 28.0. The fourth-order valence-electron chi connectivity index (χ4n) is 1.96. The van der Waals surface area contributed by atoms with Gasteiger partial charge in [-0.1, -0.05) is 27.7 Å². The van der Waals surface area contributed by atoms with Gasteiger partial charge in [0.1, 0.15) is 9.84 Å². The highest BCUT2D eigenvalue weighted by molar-refractivity contribution is 7.90. The molecule has 0 aromatic carbocycles. The molecule has 2 amide bonds. The molecular weight excluding hydrogens is 292 g/mol. The van der Waals surface area contributed by atoms with Gasteiger partial charge in [0.05, 0.1) is 18.5 Å². The van der Waals surface area contributed by atoms with Crippen molar-refractivity contribution in [2.45, 2.75) is 33.8 Å². The average Bonchev–Trinajstić information content (AvgIpc) is 2.34. The van der Waals surface area contributed by atoms with Gasteiger partial charge in [-0.2, -0.15) is 0 Å². The number of nitrogens with one attached hydrogen (secondary N) is 1. The SMILES string of the molecule is CC(C)C(C)(C)CNC(=O)N1CCOC(CS(C)(=O)=O)C1. The van der Waals surface area contributed by atoms with Crippen LogP contribution >= 0.6 is 0 Å². The first-order chi connectivity index (χ1) is 9.51. The van der Waals surface area contributed by atoms with Gasteiger partial charge in [0.25, 0.3) is 0 Å². The minimum absolute atomic E-state index is 0.0219. The molecule has 21 heavy (non-hydrogen) atoms.